The number of fused-ring (bicyclic) bond motifs is 3. The first kappa shape index (κ1) is 14.0. The number of thioether (sulfide) groups is 1. The van der Waals surface area contributed by atoms with Gasteiger partial charge in [-0.2, -0.15) is 0 Å². The van der Waals surface area contributed by atoms with Gasteiger partial charge in [-0.05, 0) is 49.6 Å². The van der Waals surface area contributed by atoms with Crippen molar-refractivity contribution in [1.82, 2.24) is 15.0 Å². The van der Waals surface area contributed by atoms with E-state index in [-0.39, 0.29) is 0 Å². The van der Waals surface area contributed by atoms with E-state index >= 15 is 0 Å². The lowest BCUT2D eigenvalue weighted by atomic mass is 9.97. The maximum atomic E-state index is 4.72. The lowest BCUT2D eigenvalue weighted by molar-refractivity contribution is 0.700. The Labute approximate surface area is 137 Å². The van der Waals surface area contributed by atoms with Crippen LogP contribution in [-0.4, -0.2) is 21.2 Å². The molecular weight excluding hydrogens is 312 g/mol. The molecule has 0 radical (unpaired) electrons. The van der Waals surface area contributed by atoms with Crippen LogP contribution in [0.25, 0.3) is 10.2 Å². The average Bonchev–Trinajstić information content (AvgIpc) is 2.94. The number of pyridine rings is 1. The molecule has 0 saturated carbocycles. The predicted octanol–water partition coefficient (Wildman–Crippen LogP) is 4.43. The summed E-state index contributed by atoms with van der Waals surface area (Å²) in [5.41, 5.74) is 2.41. The van der Waals surface area contributed by atoms with Crippen LogP contribution in [0.1, 0.15) is 23.3 Å². The molecule has 1 aliphatic carbocycles. The molecular formula is C16H16N4S2. The van der Waals surface area contributed by atoms with Crippen molar-refractivity contribution >= 4 is 44.8 Å². The molecule has 3 aromatic heterocycles. The van der Waals surface area contributed by atoms with Gasteiger partial charge >= 0.3 is 0 Å². The lowest BCUT2D eigenvalue weighted by Crippen LogP contribution is -2.02. The van der Waals surface area contributed by atoms with Crippen molar-refractivity contribution < 1.29 is 0 Å². The van der Waals surface area contributed by atoms with Crippen LogP contribution in [0.3, 0.4) is 0 Å². The molecule has 0 atom stereocenters. The summed E-state index contributed by atoms with van der Waals surface area (Å²) < 4.78 is 0. The van der Waals surface area contributed by atoms with Crippen molar-refractivity contribution in [3.05, 3.63) is 35.0 Å². The highest BCUT2D eigenvalue weighted by molar-refractivity contribution is 7.98. The lowest BCUT2D eigenvalue weighted by Gasteiger charge is -2.13. The van der Waals surface area contributed by atoms with Crippen molar-refractivity contribution in [2.75, 3.05) is 11.6 Å². The Morgan fingerprint density at radius 3 is 2.95 bits per heavy atom. The van der Waals surface area contributed by atoms with Gasteiger partial charge in [0.2, 0.25) is 0 Å². The first-order valence-electron chi connectivity index (χ1n) is 7.38. The fourth-order valence-corrected chi connectivity index (χ4v) is 4.58. The van der Waals surface area contributed by atoms with Crippen LogP contribution in [0.15, 0.2) is 29.7 Å². The molecule has 22 heavy (non-hydrogen) atoms. The van der Waals surface area contributed by atoms with Crippen LogP contribution in [0.2, 0.25) is 0 Å². The van der Waals surface area contributed by atoms with Crippen LogP contribution in [0.4, 0.5) is 11.5 Å². The number of hydrogen-bond donors (Lipinski definition) is 1. The number of aromatic nitrogens is 3. The van der Waals surface area contributed by atoms with Gasteiger partial charge in [0.1, 0.15) is 10.6 Å². The third-order valence-electron chi connectivity index (χ3n) is 3.90. The van der Waals surface area contributed by atoms with Crippen LogP contribution in [0, 0.1) is 0 Å². The van der Waals surface area contributed by atoms with E-state index in [0.717, 1.165) is 27.9 Å². The molecule has 0 aromatic carbocycles. The van der Waals surface area contributed by atoms with E-state index in [1.807, 2.05) is 35.9 Å². The molecule has 0 unspecified atom stereocenters. The average molecular weight is 328 g/mol. The van der Waals surface area contributed by atoms with Gasteiger partial charge in [0.15, 0.2) is 5.16 Å². The molecule has 0 saturated heterocycles. The van der Waals surface area contributed by atoms with E-state index in [2.05, 4.69) is 10.3 Å². The van der Waals surface area contributed by atoms with Crippen molar-refractivity contribution in [3.63, 3.8) is 0 Å². The van der Waals surface area contributed by atoms with E-state index in [9.17, 15) is 0 Å². The Balaban J connectivity index is 1.89. The molecule has 4 nitrogen and oxygen atoms in total. The van der Waals surface area contributed by atoms with Gasteiger partial charge in [0.05, 0.1) is 17.3 Å². The fraction of sp³-hybridized carbons (Fsp3) is 0.312. The van der Waals surface area contributed by atoms with E-state index in [1.54, 1.807) is 18.0 Å². The molecule has 0 fully saturated rings. The van der Waals surface area contributed by atoms with E-state index in [0.29, 0.717) is 0 Å². The second-order valence-corrected chi connectivity index (χ2v) is 7.17. The molecule has 4 rings (SSSR count). The van der Waals surface area contributed by atoms with E-state index in [1.165, 1.54) is 35.1 Å². The topological polar surface area (TPSA) is 50.7 Å². The van der Waals surface area contributed by atoms with Crippen LogP contribution in [0.5, 0.6) is 0 Å². The number of hydrogen-bond acceptors (Lipinski definition) is 6. The zero-order valence-electron chi connectivity index (χ0n) is 12.3. The predicted molar refractivity (Wildman–Crippen MR) is 93.4 cm³/mol. The smallest absolute Gasteiger partial charge is 0.190 e. The van der Waals surface area contributed by atoms with Gasteiger partial charge < -0.3 is 5.32 Å². The zero-order valence-corrected chi connectivity index (χ0v) is 13.9. The number of rotatable bonds is 3. The first-order valence-corrected chi connectivity index (χ1v) is 9.42. The first-order chi connectivity index (χ1) is 10.8. The third kappa shape index (κ3) is 2.46. The van der Waals surface area contributed by atoms with Crippen LogP contribution < -0.4 is 5.32 Å². The van der Waals surface area contributed by atoms with Gasteiger partial charge in [0, 0.05) is 11.1 Å². The fourth-order valence-electron chi connectivity index (χ4n) is 2.89. The second kappa shape index (κ2) is 5.85. The van der Waals surface area contributed by atoms with Crippen LogP contribution >= 0.6 is 23.1 Å². The highest BCUT2D eigenvalue weighted by Crippen LogP contribution is 2.39. The van der Waals surface area contributed by atoms with Gasteiger partial charge in [-0.25, -0.2) is 9.97 Å². The number of nitrogens with zero attached hydrogens (tertiary/aromatic N) is 3. The van der Waals surface area contributed by atoms with Gasteiger partial charge in [-0.1, -0.05) is 11.8 Å². The molecule has 0 spiro atoms. The molecule has 0 bridgehead atoms. The Morgan fingerprint density at radius 1 is 1.23 bits per heavy atom. The van der Waals surface area contributed by atoms with Gasteiger partial charge in [-0.15, -0.1) is 11.3 Å². The number of nitrogens with one attached hydrogen (secondary N) is 1. The summed E-state index contributed by atoms with van der Waals surface area (Å²) in [6, 6.07) is 3.94. The minimum atomic E-state index is 0.817. The van der Waals surface area contributed by atoms with Crippen molar-refractivity contribution in [3.8, 4) is 0 Å². The largest absolute Gasteiger partial charge is 0.338 e. The highest BCUT2D eigenvalue weighted by Gasteiger charge is 2.21. The molecule has 0 aliphatic heterocycles. The summed E-state index contributed by atoms with van der Waals surface area (Å²) in [5, 5.41) is 5.46. The highest BCUT2D eigenvalue weighted by atomic mass is 32.2. The monoisotopic (exact) mass is 328 g/mol. The van der Waals surface area contributed by atoms with Crippen LogP contribution in [-0.2, 0) is 12.8 Å². The summed E-state index contributed by atoms with van der Waals surface area (Å²) in [6.07, 6.45) is 10.5. The minimum Gasteiger partial charge on any atom is -0.338 e. The second-order valence-electron chi connectivity index (χ2n) is 5.32. The molecule has 1 N–H and O–H groups in total. The molecule has 3 heterocycles. The summed E-state index contributed by atoms with van der Waals surface area (Å²) in [5.74, 6) is 0.918. The molecule has 3 aromatic rings. The normalized spacial score (nSPS) is 14.0. The third-order valence-corrected chi connectivity index (χ3v) is 5.63. The van der Waals surface area contributed by atoms with E-state index < -0.39 is 0 Å². The summed E-state index contributed by atoms with van der Waals surface area (Å²) >= 11 is 3.42. The minimum absolute atomic E-state index is 0.817. The Morgan fingerprint density at radius 2 is 2.14 bits per heavy atom. The van der Waals surface area contributed by atoms with E-state index in [4.69, 9.17) is 9.97 Å². The quantitative estimate of drug-likeness (QED) is 0.569. The van der Waals surface area contributed by atoms with Crippen molar-refractivity contribution in [2.24, 2.45) is 0 Å². The Kier molecular flexibility index (Phi) is 3.72. The van der Waals surface area contributed by atoms with Crippen molar-refractivity contribution in [2.45, 2.75) is 30.8 Å². The molecule has 112 valence electrons. The Hall–Kier alpha value is -1.66. The maximum absolute atomic E-state index is 4.72. The number of anilines is 2. The van der Waals surface area contributed by atoms with Gasteiger partial charge in [-0.3, -0.25) is 4.98 Å². The standard InChI is InChI=1S/C16H16N4S2/c1-21-16-19-14(18-10-5-4-8-17-9-10)13-11-6-2-3-7-12(11)22-15(13)20-16/h4-5,8-9H,2-3,6-7H2,1H3,(H,18,19,20). The number of aryl methyl sites for hydroxylation is 2. The molecule has 6 heteroatoms. The van der Waals surface area contributed by atoms with Gasteiger partial charge in [0.25, 0.3) is 0 Å². The molecule has 0 amide bonds. The Bertz CT molecular complexity index is 814. The summed E-state index contributed by atoms with van der Waals surface area (Å²) in [4.78, 5) is 16.2. The maximum Gasteiger partial charge on any atom is 0.190 e. The summed E-state index contributed by atoms with van der Waals surface area (Å²) in [7, 11) is 0. The molecule has 1 aliphatic rings. The SMILES string of the molecule is CSc1nc(Nc2cccnc2)c2c3c(sc2n1)CCCC3. The summed E-state index contributed by atoms with van der Waals surface area (Å²) in [6.45, 7) is 0. The zero-order chi connectivity index (χ0) is 14.9. The van der Waals surface area contributed by atoms with Crippen molar-refractivity contribution in [1.29, 1.82) is 0 Å². The number of thiophene rings is 1.